The smallest absolute Gasteiger partial charge is 0.295 e. The Morgan fingerprint density at radius 1 is 0.380 bits per heavy atom. The molecule has 4 aliphatic rings. The van der Waals surface area contributed by atoms with Gasteiger partial charge in [0.2, 0.25) is 0 Å². The molecule has 3 atom stereocenters. The molecule has 45 heteroatoms. The zero-order valence-corrected chi connectivity index (χ0v) is 80.1. The molecular weight excluding hydrogens is 1930 g/mol. The van der Waals surface area contributed by atoms with Crippen molar-refractivity contribution in [3.8, 4) is 0 Å². The maximum atomic E-state index is 14.2. The first-order valence-electron chi connectivity index (χ1n) is 42.6. The minimum Gasteiger partial charge on any atom is -0.398 e. The van der Waals surface area contributed by atoms with Crippen molar-refractivity contribution in [2.45, 2.75) is 162 Å². The number of nitrogens with two attached hydrogens (primary N) is 2. The van der Waals surface area contributed by atoms with Gasteiger partial charge in [-0.1, -0.05) is 102 Å². The average molecular weight is 2030 g/mol. The van der Waals surface area contributed by atoms with Crippen molar-refractivity contribution in [2.75, 3.05) is 72.3 Å². The van der Waals surface area contributed by atoms with E-state index < -0.39 is 95.4 Å². The van der Waals surface area contributed by atoms with Crippen LogP contribution in [0.25, 0.3) is 33.5 Å². The Bertz CT molecular complexity index is 7240. The van der Waals surface area contributed by atoms with Gasteiger partial charge in [0.25, 0.3) is 25.7 Å². The van der Waals surface area contributed by atoms with Crippen molar-refractivity contribution in [3.05, 3.63) is 254 Å². The highest BCUT2D eigenvalue weighted by Gasteiger charge is 2.35. The summed E-state index contributed by atoms with van der Waals surface area (Å²) in [6.07, 6.45) is -0.708. The lowest BCUT2D eigenvalue weighted by Gasteiger charge is -2.25. The van der Waals surface area contributed by atoms with E-state index in [-0.39, 0.29) is 97.7 Å². The van der Waals surface area contributed by atoms with Crippen LogP contribution in [0.1, 0.15) is 159 Å². The number of aryl methyl sites for hydroxylation is 3. The van der Waals surface area contributed by atoms with Gasteiger partial charge in [-0.2, -0.15) is 0 Å². The molecule has 0 aliphatic carbocycles. The summed E-state index contributed by atoms with van der Waals surface area (Å²) in [6, 6.07) is 48.7. The van der Waals surface area contributed by atoms with Crippen LogP contribution >= 0.6 is 34.8 Å². The van der Waals surface area contributed by atoms with Crippen molar-refractivity contribution < 1.29 is 83.0 Å². The minimum absolute atomic E-state index is 0.0511. The monoisotopic (exact) mass is 2030 g/mol. The van der Waals surface area contributed by atoms with Gasteiger partial charge in [0.1, 0.15) is 57.0 Å². The predicted molar refractivity (Wildman–Crippen MR) is 509 cm³/mol. The number of fused-ring (bicyclic) bond motifs is 4. The average Bonchev–Trinajstić information content (AvgIpc) is 1.59. The number of anilines is 8. The molecule has 0 spiro atoms. The molecule has 0 radical (unpaired) electrons. The number of benzene rings is 4. The van der Waals surface area contributed by atoms with Crippen LogP contribution in [0.5, 0.6) is 0 Å². The van der Waals surface area contributed by atoms with Crippen LogP contribution in [0, 0.1) is 20.8 Å². The Kier molecular flexibility index (Phi) is 33.4. The van der Waals surface area contributed by atoms with Crippen molar-refractivity contribution in [1.29, 1.82) is 0 Å². The van der Waals surface area contributed by atoms with Crippen LogP contribution < -0.4 is 27.4 Å². The first-order chi connectivity index (χ1) is 65.0. The fourth-order valence-corrected chi connectivity index (χ4v) is 19.4. The molecule has 14 heterocycles. The molecule has 0 saturated carbocycles. The summed E-state index contributed by atoms with van der Waals surface area (Å²) in [4.78, 5) is 47.4. The van der Waals surface area contributed by atoms with Gasteiger partial charge in [0.05, 0.1) is 81.5 Å². The second kappa shape index (κ2) is 44.6. The largest absolute Gasteiger partial charge is 0.398 e. The van der Waals surface area contributed by atoms with Gasteiger partial charge in [0, 0.05) is 104 Å². The van der Waals surface area contributed by atoms with Gasteiger partial charge in [-0.3, -0.25) is 28.7 Å². The fourth-order valence-electron chi connectivity index (χ4n) is 15.4. The van der Waals surface area contributed by atoms with Crippen molar-refractivity contribution in [1.82, 2.24) is 63.5 Å². The Hall–Kier alpha value is -12.0. The van der Waals surface area contributed by atoms with Crippen LogP contribution in [0.2, 0.25) is 15.3 Å². The van der Waals surface area contributed by atoms with E-state index in [1.807, 2.05) is 69.3 Å². The number of nitrogen functional groups attached to an aromatic ring is 2. The number of pyridine rings is 7. The van der Waals surface area contributed by atoms with Crippen LogP contribution in [-0.2, 0) is 72.8 Å². The molecule has 3 fully saturated rings. The summed E-state index contributed by atoms with van der Waals surface area (Å²) in [6.45, 7) is 7.14. The Morgan fingerprint density at radius 2 is 0.745 bits per heavy atom. The molecule has 4 aliphatic heterocycles. The summed E-state index contributed by atoms with van der Waals surface area (Å²) >= 11 is 18.0. The van der Waals surface area contributed by atoms with E-state index >= 15 is 0 Å². The highest BCUT2D eigenvalue weighted by molar-refractivity contribution is 7.91. The Balaban J connectivity index is 0.000000147. The number of nitrogens with one attached hydrogen (secondary N) is 3. The predicted octanol–water partition coefficient (Wildman–Crippen LogP) is 20.8. The van der Waals surface area contributed by atoms with Crippen molar-refractivity contribution in [2.24, 2.45) is 4.99 Å². The molecule has 7 N–H and O–H groups in total. The number of halogens is 11. The molecule has 3 unspecified atom stereocenters. The maximum Gasteiger partial charge on any atom is 0.295 e. The topological polar surface area (TPSA) is 408 Å². The van der Waals surface area contributed by atoms with E-state index in [4.69, 9.17) is 65.5 Å². The molecule has 724 valence electrons. The van der Waals surface area contributed by atoms with Gasteiger partial charge in [-0.25, -0.2) is 109 Å². The number of para-hydroxylation sites is 4. The summed E-state index contributed by atoms with van der Waals surface area (Å²) in [5, 5.41) is 9.61. The number of imidazole rings is 3. The van der Waals surface area contributed by atoms with Gasteiger partial charge in [0.15, 0.2) is 73.8 Å². The lowest BCUT2D eigenvalue weighted by Crippen LogP contribution is -2.20. The number of sulfone groups is 4. The Morgan fingerprint density at radius 3 is 1.12 bits per heavy atom. The maximum absolute atomic E-state index is 14.2. The van der Waals surface area contributed by atoms with Crippen molar-refractivity contribution >= 4 is 165 Å². The zero-order chi connectivity index (χ0) is 98.5. The van der Waals surface area contributed by atoms with Gasteiger partial charge < -0.3 is 41.6 Å². The molecule has 0 amide bonds. The van der Waals surface area contributed by atoms with Gasteiger partial charge >= 0.3 is 0 Å². The zero-order valence-electron chi connectivity index (χ0n) is 74.6. The molecule has 137 heavy (non-hydrogen) atoms. The Labute approximate surface area is 799 Å². The summed E-state index contributed by atoms with van der Waals surface area (Å²) in [7, 11) is -13.7. The van der Waals surface area contributed by atoms with E-state index in [9.17, 15) is 68.8 Å². The number of alkyl halides is 8. The quantitative estimate of drug-likeness (QED) is 0.0253. The SMILES string of the molecule is CS(=O)(=O)c1ccccc1N.CS(=O)(=O)c1ccccc1Nc1cc(Cl)nc2c1nc(C(F)F)n2C1CCCCO1.Cc1cccc(Cc2cc(Nc3ccccc3S(C)(=O)=O)c3c(n2)CC(C(F)F)=N3)n1.Cc1cccc(Cc2cc(Nc3ccccc3S(C)(=O)=O)c3nc(C(F)F)n(C4CCCCO4)c3n2)n1.Cc1cccc(N)n1.FC(F)c1nc2c(Cl)cc(Cl)nc2n1C1CCCCO1. The molecule has 3 saturated heterocycles. The third-order valence-electron chi connectivity index (χ3n) is 21.4. The van der Waals surface area contributed by atoms with Crippen LogP contribution in [0.4, 0.5) is 86.4 Å². The van der Waals surface area contributed by atoms with E-state index in [0.29, 0.717) is 109 Å². The summed E-state index contributed by atoms with van der Waals surface area (Å²) in [5.41, 5.74) is 20.3. The molecule has 14 aromatic rings. The van der Waals surface area contributed by atoms with E-state index in [2.05, 4.69) is 65.8 Å². The first-order valence-corrected chi connectivity index (χ1v) is 51.3. The number of nitrogens with zero attached hydrogens (tertiary/aromatic N) is 14. The molecule has 30 nitrogen and oxygen atoms in total. The summed E-state index contributed by atoms with van der Waals surface area (Å²) in [5.74, 6) is -0.695. The van der Waals surface area contributed by atoms with Crippen molar-refractivity contribution in [3.63, 3.8) is 0 Å². The van der Waals surface area contributed by atoms with E-state index in [0.717, 1.165) is 92.0 Å². The minimum atomic E-state index is -3.56. The number of hydrogen-bond acceptors (Lipinski definition) is 27. The molecule has 0 bridgehead atoms. The fraction of sp³-hybridized carbons (Fsp3) is 0.315. The second-order valence-electron chi connectivity index (χ2n) is 32.1. The van der Waals surface area contributed by atoms with E-state index in [1.54, 1.807) is 91.0 Å². The number of hydrogen-bond donors (Lipinski definition) is 5. The number of aromatic nitrogens is 13. The number of aliphatic imine (C=N–C) groups is 1. The lowest BCUT2D eigenvalue weighted by atomic mass is 10.1. The summed E-state index contributed by atoms with van der Waals surface area (Å²) < 4.78 is 226. The highest BCUT2D eigenvalue weighted by atomic mass is 35.5. The van der Waals surface area contributed by atoms with E-state index in [1.165, 1.54) is 50.1 Å². The standard InChI is InChI=1S/C26H27F2N5O3S.C22H20F2N4O2S.C19H19ClF2N4O3S.C12H11Cl2F2N3O.C7H9NO2S.C6H8N2/c1-16-8-7-9-17(29-16)14-18-15-20(31-19-10-3-4-11-21(19)37(2,34)35)23-25(30-18)33(26(32-23)24(27)28)22-12-5-6-13-36-22;1-13-6-5-7-14(25-13)10-15-11-17(21-18(26-15)12-19(28-21)22(23)24)27-16-8-3-4-9-20(16)31(2,29)30;1-30(27,28)13-7-3-2-6-11(13)23-12-10-14(20)24-18-16(12)25-19(17(21)22)26(18)15-8-4-5-9-29-15;13-6-5-7(14)17-11-9(6)18-12(10(15)16)19(11)8-3-1-2-4-20-8;1-11(9,10)7-5-3-2-4-6(7)8;1-5-3-2-4-6(7)8-5/h3-4,7-11,15,22,24H,5-6,12-14H2,1-2H3,(H,30,31);3-9,11,22H,10,12H2,1-2H3,(H,26,27);2-3,6-7,10,15,17H,4-5,8-9H2,1H3,(H,23,24);5,8,10H,1-4H2;2-5H,8H2,1H3;2-4H,1H3,(H2,7,8). The van der Waals surface area contributed by atoms with Crippen LogP contribution in [-0.4, -0.2) is 154 Å². The molecule has 4 aromatic carbocycles. The number of rotatable bonds is 21. The normalized spacial score (nSPS) is 15.6. The third kappa shape index (κ3) is 26.1. The van der Waals surface area contributed by atoms with Gasteiger partial charge in [-0.15, -0.1) is 0 Å². The first kappa shape index (κ1) is 102. The molecule has 10 aromatic heterocycles. The van der Waals surface area contributed by atoms with Crippen LogP contribution in [0.3, 0.4) is 0 Å². The van der Waals surface area contributed by atoms with Crippen LogP contribution in [0.15, 0.2) is 200 Å². The molecular formula is C92H94Cl3F8N19O11S4. The number of ether oxygens (including phenoxy) is 3. The lowest BCUT2D eigenvalue weighted by molar-refractivity contribution is -0.0363. The van der Waals surface area contributed by atoms with Gasteiger partial charge in [-0.05, 0) is 182 Å². The second-order valence-corrected chi connectivity index (χ2v) is 41.2. The highest BCUT2D eigenvalue weighted by Crippen LogP contribution is 2.44. The molecule has 18 rings (SSSR count). The third-order valence-corrected chi connectivity index (χ3v) is 26.7.